The topological polar surface area (TPSA) is 58.3 Å². The van der Waals surface area contributed by atoms with E-state index in [4.69, 9.17) is 10.8 Å². The number of aliphatic hydroxyl groups excluding tert-OH is 1. The van der Waals surface area contributed by atoms with E-state index in [1.165, 1.54) is 0 Å². The molecule has 0 aliphatic rings. The molecule has 0 saturated carbocycles. The van der Waals surface area contributed by atoms with E-state index in [0.717, 1.165) is 10.2 Å². The molecule has 0 atom stereocenters. The lowest BCUT2D eigenvalue weighted by molar-refractivity contribution is 0.261. The summed E-state index contributed by atoms with van der Waals surface area (Å²) in [5.74, 6) is 0. The van der Waals surface area contributed by atoms with Gasteiger partial charge in [0.25, 0.3) is 0 Å². The molecule has 0 heterocycles. The van der Waals surface area contributed by atoms with Gasteiger partial charge < -0.3 is 16.2 Å². The van der Waals surface area contributed by atoms with Crippen LogP contribution in [0.5, 0.6) is 0 Å². The van der Waals surface area contributed by atoms with Gasteiger partial charge in [-0.05, 0) is 38.5 Å². The molecule has 0 radical (unpaired) electrons. The van der Waals surface area contributed by atoms with Gasteiger partial charge in [0, 0.05) is 16.6 Å². The van der Waals surface area contributed by atoms with Crippen LogP contribution in [0, 0.1) is 0 Å². The molecular formula is C11H17BrN2O. The Hall–Kier alpha value is -0.740. The standard InChI is InChI=1S/C11H17BrN2O/c1-11(2,5-6-15)14-10-7-8(12)3-4-9(10)13/h3-4,7,14-15H,5-6,13H2,1-2H3. The van der Waals surface area contributed by atoms with Gasteiger partial charge in [0.15, 0.2) is 0 Å². The van der Waals surface area contributed by atoms with Crippen molar-refractivity contribution in [3.05, 3.63) is 22.7 Å². The molecule has 1 aromatic rings. The van der Waals surface area contributed by atoms with Crippen molar-refractivity contribution in [1.82, 2.24) is 0 Å². The summed E-state index contributed by atoms with van der Waals surface area (Å²) in [7, 11) is 0. The van der Waals surface area contributed by atoms with Crippen molar-refractivity contribution >= 4 is 27.3 Å². The van der Waals surface area contributed by atoms with E-state index >= 15 is 0 Å². The molecule has 15 heavy (non-hydrogen) atoms. The fourth-order valence-corrected chi connectivity index (χ4v) is 1.70. The normalized spacial score (nSPS) is 11.5. The van der Waals surface area contributed by atoms with Crippen LogP contribution < -0.4 is 11.1 Å². The highest BCUT2D eigenvalue weighted by molar-refractivity contribution is 9.10. The number of aliphatic hydroxyl groups is 1. The van der Waals surface area contributed by atoms with Crippen molar-refractivity contribution in [2.75, 3.05) is 17.7 Å². The smallest absolute Gasteiger partial charge is 0.0589 e. The van der Waals surface area contributed by atoms with Gasteiger partial charge in [-0.3, -0.25) is 0 Å². The second-order valence-electron chi connectivity index (χ2n) is 4.21. The molecule has 3 nitrogen and oxygen atoms in total. The highest BCUT2D eigenvalue weighted by Gasteiger charge is 2.17. The van der Waals surface area contributed by atoms with Gasteiger partial charge in [-0.1, -0.05) is 15.9 Å². The molecule has 0 aliphatic heterocycles. The van der Waals surface area contributed by atoms with Crippen molar-refractivity contribution in [1.29, 1.82) is 0 Å². The number of nitrogen functional groups attached to an aromatic ring is 1. The summed E-state index contributed by atoms with van der Waals surface area (Å²) < 4.78 is 0.985. The van der Waals surface area contributed by atoms with Crippen LogP contribution in [0.3, 0.4) is 0 Å². The molecule has 0 unspecified atom stereocenters. The first-order valence-corrected chi connectivity index (χ1v) is 5.68. The van der Waals surface area contributed by atoms with Gasteiger partial charge in [-0.25, -0.2) is 0 Å². The number of nitrogens with one attached hydrogen (secondary N) is 1. The second kappa shape index (κ2) is 4.86. The number of hydrogen-bond donors (Lipinski definition) is 3. The largest absolute Gasteiger partial charge is 0.397 e. The predicted molar refractivity (Wildman–Crippen MR) is 68.0 cm³/mol. The maximum atomic E-state index is 8.92. The Morgan fingerprint density at radius 1 is 1.47 bits per heavy atom. The molecule has 0 amide bonds. The number of benzene rings is 1. The Morgan fingerprint density at radius 2 is 2.13 bits per heavy atom. The average molecular weight is 273 g/mol. The third kappa shape index (κ3) is 3.72. The lowest BCUT2D eigenvalue weighted by atomic mass is 10.0. The van der Waals surface area contributed by atoms with Gasteiger partial charge in [0.05, 0.1) is 11.4 Å². The monoisotopic (exact) mass is 272 g/mol. The molecule has 0 saturated heterocycles. The Kier molecular flexibility index (Phi) is 3.99. The van der Waals surface area contributed by atoms with E-state index < -0.39 is 0 Å². The van der Waals surface area contributed by atoms with Crippen LogP contribution in [0.15, 0.2) is 22.7 Å². The number of rotatable bonds is 4. The van der Waals surface area contributed by atoms with E-state index in [2.05, 4.69) is 21.2 Å². The Labute approximate surface area is 98.8 Å². The number of hydrogen-bond acceptors (Lipinski definition) is 3. The highest BCUT2D eigenvalue weighted by atomic mass is 79.9. The SMILES string of the molecule is CC(C)(CCO)Nc1cc(Br)ccc1N. The first kappa shape index (κ1) is 12.3. The lowest BCUT2D eigenvalue weighted by Crippen LogP contribution is -2.32. The maximum Gasteiger partial charge on any atom is 0.0589 e. The van der Waals surface area contributed by atoms with E-state index in [9.17, 15) is 0 Å². The number of halogens is 1. The van der Waals surface area contributed by atoms with Gasteiger partial charge in [-0.2, -0.15) is 0 Å². The first-order chi connectivity index (χ1) is 6.94. The zero-order chi connectivity index (χ0) is 11.5. The summed E-state index contributed by atoms with van der Waals surface area (Å²) >= 11 is 3.40. The zero-order valence-corrected chi connectivity index (χ0v) is 10.6. The summed E-state index contributed by atoms with van der Waals surface area (Å²) in [6.07, 6.45) is 0.680. The molecule has 0 fully saturated rings. The van der Waals surface area contributed by atoms with E-state index in [-0.39, 0.29) is 12.1 Å². The number of nitrogens with two attached hydrogens (primary N) is 1. The van der Waals surface area contributed by atoms with Crippen LogP contribution >= 0.6 is 15.9 Å². The minimum absolute atomic E-state index is 0.161. The predicted octanol–water partition coefficient (Wildman–Crippen LogP) is 2.60. The molecule has 0 aromatic heterocycles. The molecule has 1 rings (SSSR count). The summed E-state index contributed by atoms with van der Waals surface area (Å²) in [5.41, 5.74) is 7.29. The van der Waals surface area contributed by atoms with E-state index in [1.807, 2.05) is 32.0 Å². The maximum absolute atomic E-state index is 8.92. The zero-order valence-electron chi connectivity index (χ0n) is 9.05. The Morgan fingerprint density at radius 3 is 2.73 bits per heavy atom. The van der Waals surface area contributed by atoms with Crippen LogP contribution in [0.25, 0.3) is 0 Å². The van der Waals surface area contributed by atoms with E-state index in [0.29, 0.717) is 12.1 Å². The van der Waals surface area contributed by atoms with Gasteiger partial charge in [0.2, 0.25) is 0 Å². The summed E-state index contributed by atoms with van der Waals surface area (Å²) in [5, 5.41) is 12.2. The molecular weight excluding hydrogens is 256 g/mol. The molecule has 84 valence electrons. The third-order valence-corrected chi connectivity index (χ3v) is 2.72. The van der Waals surface area contributed by atoms with E-state index in [1.54, 1.807) is 0 Å². The van der Waals surface area contributed by atoms with Crippen molar-refractivity contribution < 1.29 is 5.11 Å². The fourth-order valence-electron chi connectivity index (χ4n) is 1.34. The third-order valence-electron chi connectivity index (χ3n) is 2.23. The molecule has 4 N–H and O–H groups in total. The summed E-state index contributed by atoms with van der Waals surface area (Å²) in [6.45, 7) is 4.22. The highest BCUT2D eigenvalue weighted by Crippen LogP contribution is 2.27. The van der Waals surface area contributed by atoms with Crippen LogP contribution in [0.2, 0.25) is 0 Å². The van der Waals surface area contributed by atoms with Crippen LogP contribution in [-0.4, -0.2) is 17.3 Å². The van der Waals surface area contributed by atoms with Crippen LogP contribution in [0.1, 0.15) is 20.3 Å². The second-order valence-corrected chi connectivity index (χ2v) is 5.13. The first-order valence-electron chi connectivity index (χ1n) is 4.89. The minimum atomic E-state index is -0.163. The van der Waals surface area contributed by atoms with Crippen molar-refractivity contribution in [3.8, 4) is 0 Å². The Balaban J connectivity index is 2.83. The van der Waals surface area contributed by atoms with Crippen molar-refractivity contribution in [2.24, 2.45) is 0 Å². The van der Waals surface area contributed by atoms with Gasteiger partial charge in [-0.15, -0.1) is 0 Å². The molecule has 0 spiro atoms. The molecule has 0 bridgehead atoms. The molecule has 4 heteroatoms. The van der Waals surface area contributed by atoms with Gasteiger partial charge >= 0.3 is 0 Å². The molecule has 1 aromatic carbocycles. The average Bonchev–Trinajstić information content (AvgIpc) is 2.10. The van der Waals surface area contributed by atoms with Crippen molar-refractivity contribution in [2.45, 2.75) is 25.8 Å². The van der Waals surface area contributed by atoms with Crippen molar-refractivity contribution in [3.63, 3.8) is 0 Å². The molecule has 0 aliphatic carbocycles. The Bertz CT molecular complexity index is 339. The quantitative estimate of drug-likeness (QED) is 0.739. The minimum Gasteiger partial charge on any atom is -0.397 e. The lowest BCUT2D eigenvalue weighted by Gasteiger charge is -2.27. The van der Waals surface area contributed by atoms with Gasteiger partial charge in [0.1, 0.15) is 0 Å². The summed E-state index contributed by atoms with van der Waals surface area (Å²) in [6, 6.07) is 5.69. The number of anilines is 2. The fraction of sp³-hybridized carbons (Fsp3) is 0.455. The van der Waals surface area contributed by atoms with Crippen LogP contribution in [0.4, 0.5) is 11.4 Å². The van der Waals surface area contributed by atoms with Crippen LogP contribution in [-0.2, 0) is 0 Å². The summed E-state index contributed by atoms with van der Waals surface area (Å²) in [4.78, 5) is 0.